The predicted molar refractivity (Wildman–Crippen MR) is 59.2 cm³/mol. The summed E-state index contributed by atoms with van der Waals surface area (Å²) in [4.78, 5) is 11.3. The van der Waals surface area contributed by atoms with Crippen LogP contribution < -0.4 is 15.8 Å². The van der Waals surface area contributed by atoms with E-state index >= 15 is 0 Å². The van der Waals surface area contributed by atoms with Crippen molar-refractivity contribution in [2.75, 3.05) is 11.9 Å². The third kappa shape index (κ3) is 1.87. The number of aliphatic hydroxyl groups excluding tert-OH is 1. The second-order valence-electron chi connectivity index (χ2n) is 3.79. The lowest BCUT2D eigenvalue weighted by Gasteiger charge is -2.24. The van der Waals surface area contributed by atoms with E-state index in [1.54, 1.807) is 25.1 Å². The lowest BCUT2D eigenvalue weighted by Crippen LogP contribution is -2.34. The first-order chi connectivity index (χ1) is 7.61. The van der Waals surface area contributed by atoms with E-state index in [1.807, 2.05) is 0 Å². The number of hydrogen-bond acceptors (Lipinski definition) is 4. The molecule has 0 aromatic heterocycles. The molecule has 1 aliphatic heterocycles. The van der Waals surface area contributed by atoms with Crippen LogP contribution in [0.5, 0.6) is 5.75 Å². The highest BCUT2D eigenvalue weighted by molar-refractivity contribution is 5.97. The number of rotatable bonds is 2. The highest BCUT2D eigenvalue weighted by Crippen LogP contribution is 2.31. The summed E-state index contributed by atoms with van der Waals surface area (Å²) >= 11 is 0. The van der Waals surface area contributed by atoms with Crippen molar-refractivity contribution in [3.05, 3.63) is 23.8 Å². The number of fused-ring (bicyclic) bond motifs is 1. The van der Waals surface area contributed by atoms with Gasteiger partial charge in [-0.2, -0.15) is 0 Å². The Balaban J connectivity index is 2.32. The van der Waals surface area contributed by atoms with Gasteiger partial charge in [-0.1, -0.05) is 6.07 Å². The molecule has 1 heterocycles. The van der Waals surface area contributed by atoms with E-state index in [9.17, 15) is 4.79 Å². The van der Waals surface area contributed by atoms with Crippen LogP contribution in [0, 0.1) is 0 Å². The van der Waals surface area contributed by atoms with Crippen molar-refractivity contribution in [2.45, 2.75) is 19.1 Å². The van der Waals surface area contributed by atoms with Gasteiger partial charge < -0.3 is 20.9 Å². The molecule has 1 aromatic carbocycles. The van der Waals surface area contributed by atoms with Crippen LogP contribution in [0.4, 0.5) is 5.69 Å². The molecule has 1 aromatic rings. The molecule has 86 valence electrons. The maximum atomic E-state index is 11.3. The molecule has 0 radical (unpaired) electrons. The molecular weight excluding hydrogens is 208 g/mol. The Morgan fingerprint density at radius 2 is 2.38 bits per heavy atom. The molecule has 5 heteroatoms. The average molecular weight is 222 g/mol. The average Bonchev–Trinajstić information content (AvgIpc) is 2.29. The van der Waals surface area contributed by atoms with Crippen molar-refractivity contribution in [1.29, 1.82) is 0 Å². The summed E-state index contributed by atoms with van der Waals surface area (Å²) in [6, 6.07) is 4.80. The van der Waals surface area contributed by atoms with Crippen molar-refractivity contribution in [2.24, 2.45) is 5.73 Å². The molecule has 2 unspecified atom stereocenters. The van der Waals surface area contributed by atoms with Crippen LogP contribution in [-0.2, 0) is 4.79 Å². The normalized spacial score (nSPS) is 20.7. The molecule has 0 spiro atoms. The van der Waals surface area contributed by atoms with Crippen LogP contribution in [0.1, 0.15) is 18.5 Å². The summed E-state index contributed by atoms with van der Waals surface area (Å²) in [6.07, 6.45) is -0.506. The maximum Gasteiger partial charge on any atom is 0.265 e. The van der Waals surface area contributed by atoms with E-state index < -0.39 is 12.1 Å². The van der Waals surface area contributed by atoms with Gasteiger partial charge >= 0.3 is 0 Å². The SMILES string of the molecule is CC1Oc2cc(C(N)CO)ccc2NC1=O. The van der Waals surface area contributed by atoms with Crippen molar-refractivity contribution < 1.29 is 14.6 Å². The zero-order valence-electron chi connectivity index (χ0n) is 8.93. The zero-order valence-corrected chi connectivity index (χ0v) is 8.93. The minimum Gasteiger partial charge on any atom is -0.479 e. The second-order valence-corrected chi connectivity index (χ2v) is 3.79. The smallest absolute Gasteiger partial charge is 0.265 e. The Kier molecular flexibility index (Phi) is 2.80. The summed E-state index contributed by atoms with van der Waals surface area (Å²) < 4.78 is 5.43. The Morgan fingerprint density at radius 1 is 1.62 bits per heavy atom. The van der Waals surface area contributed by atoms with E-state index in [0.717, 1.165) is 5.56 Å². The van der Waals surface area contributed by atoms with Gasteiger partial charge in [0.1, 0.15) is 5.75 Å². The fourth-order valence-electron chi connectivity index (χ4n) is 1.55. The summed E-state index contributed by atoms with van der Waals surface area (Å²) in [5.41, 5.74) is 7.11. The molecule has 1 amide bonds. The molecule has 5 nitrogen and oxygen atoms in total. The predicted octanol–water partition coefficient (Wildman–Crippen LogP) is 0.398. The van der Waals surface area contributed by atoms with Gasteiger partial charge in [-0.05, 0) is 24.6 Å². The Hall–Kier alpha value is -1.59. The van der Waals surface area contributed by atoms with E-state index in [4.69, 9.17) is 15.6 Å². The van der Waals surface area contributed by atoms with E-state index in [1.165, 1.54) is 0 Å². The van der Waals surface area contributed by atoms with Gasteiger partial charge in [-0.3, -0.25) is 4.79 Å². The van der Waals surface area contributed by atoms with E-state index in [2.05, 4.69) is 5.32 Å². The molecule has 4 N–H and O–H groups in total. The number of ether oxygens (including phenoxy) is 1. The van der Waals surface area contributed by atoms with Gasteiger partial charge in [0.05, 0.1) is 18.3 Å². The highest BCUT2D eigenvalue weighted by atomic mass is 16.5. The largest absolute Gasteiger partial charge is 0.479 e. The van der Waals surface area contributed by atoms with Crippen molar-refractivity contribution in [1.82, 2.24) is 0 Å². The number of carbonyl (C=O) groups excluding carboxylic acids is 1. The number of carbonyl (C=O) groups is 1. The van der Waals surface area contributed by atoms with Crippen LogP contribution in [-0.4, -0.2) is 23.7 Å². The summed E-state index contributed by atoms with van der Waals surface area (Å²) in [7, 11) is 0. The number of amides is 1. The van der Waals surface area contributed by atoms with Crippen LogP contribution in [0.15, 0.2) is 18.2 Å². The zero-order chi connectivity index (χ0) is 11.7. The number of hydrogen-bond donors (Lipinski definition) is 3. The number of aliphatic hydroxyl groups is 1. The summed E-state index contributed by atoms with van der Waals surface area (Å²) in [5.74, 6) is 0.431. The third-order valence-electron chi connectivity index (χ3n) is 2.56. The topological polar surface area (TPSA) is 84.6 Å². The fourth-order valence-corrected chi connectivity index (χ4v) is 1.55. The highest BCUT2D eigenvalue weighted by Gasteiger charge is 2.23. The minimum absolute atomic E-state index is 0.124. The van der Waals surface area contributed by atoms with Crippen molar-refractivity contribution >= 4 is 11.6 Å². The lowest BCUT2D eigenvalue weighted by molar-refractivity contribution is -0.122. The Bertz CT molecular complexity index is 420. The van der Waals surface area contributed by atoms with Crippen molar-refractivity contribution in [3.63, 3.8) is 0 Å². The second kappa shape index (κ2) is 4.11. The Morgan fingerprint density at radius 3 is 3.06 bits per heavy atom. The van der Waals surface area contributed by atoms with Gasteiger partial charge in [-0.15, -0.1) is 0 Å². The molecule has 0 bridgehead atoms. The first-order valence-electron chi connectivity index (χ1n) is 5.09. The van der Waals surface area contributed by atoms with Crippen molar-refractivity contribution in [3.8, 4) is 5.75 Å². The van der Waals surface area contributed by atoms with Gasteiger partial charge in [0, 0.05) is 0 Å². The minimum atomic E-state index is -0.506. The standard InChI is InChI=1S/C11H14N2O3/c1-6-11(15)13-9-3-2-7(8(12)5-14)4-10(9)16-6/h2-4,6,8,14H,5,12H2,1H3,(H,13,15). The van der Waals surface area contributed by atoms with Gasteiger partial charge in [0.2, 0.25) is 0 Å². The number of benzene rings is 1. The molecule has 16 heavy (non-hydrogen) atoms. The van der Waals surface area contributed by atoms with Gasteiger partial charge in [-0.25, -0.2) is 0 Å². The molecule has 0 saturated heterocycles. The molecule has 2 rings (SSSR count). The molecular formula is C11H14N2O3. The molecule has 1 aliphatic rings. The van der Waals surface area contributed by atoms with E-state index in [0.29, 0.717) is 11.4 Å². The van der Waals surface area contributed by atoms with Crippen LogP contribution >= 0.6 is 0 Å². The fraction of sp³-hybridized carbons (Fsp3) is 0.364. The molecule has 2 atom stereocenters. The monoisotopic (exact) mass is 222 g/mol. The lowest BCUT2D eigenvalue weighted by atomic mass is 10.1. The Labute approximate surface area is 93.2 Å². The number of anilines is 1. The van der Waals surface area contributed by atoms with Gasteiger partial charge in [0.25, 0.3) is 5.91 Å². The number of nitrogens with one attached hydrogen (secondary N) is 1. The summed E-state index contributed by atoms with van der Waals surface area (Å²) in [6.45, 7) is 1.55. The van der Waals surface area contributed by atoms with Crippen LogP contribution in [0.25, 0.3) is 0 Å². The van der Waals surface area contributed by atoms with E-state index in [-0.39, 0.29) is 12.5 Å². The summed E-state index contributed by atoms with van der Waals surface area (Å²) in [5, 5.41) is 11.7. The van der Waals surface area contributed by atoms with Crippen LogP contribution in [0.2, 0.25) is 0 Å². The first kappa shape index (κ1) is 10.9. The third-order valence-corrected chi connectivity index (χ3v) is 2.56. The van der Waals surface area contributed by atoms with Crippen LogP contribution in [0.3, 0.4) is 0 Å². The van der Waals surface area contributed by atoms with Gasteiger partial charge in [0.15, 0.2) is 6.10 Å². The molecule has 0 aliphatic carbocycles. The molecule has 0 fully saturated rings. The first-order valence-corrected chi connectivity index (χ1v) is 5.09. The number of nitrogens with two attached hydrogens (primary N) is 1. The maximum absolute atomic E-state index is 11.3. The quantitative estimate of drug-likeness (QED) is 0.676. The molecule has 0 saturated carbocycles.